The zero-order valence-corrected chi connectivity index (χ0v) is 12.9. The summed E-state index contributed by atoms with van der Waals surface area (Å²) in [5.41, 5.74) is 0.508. The Morgan fingerprint density at radius 3 is 2.29 bits per heavy atom. The number of aromatic nitrogens is 2. The highest BCUT2D eigenvalue weighted by atomic mass is 16.2. The van der Waals surface area contributed by atoms with E-state index in [1.807, 2.05) is 0 Å². The fourth-order valence-corrected chi connectivity index (χ4v) is 6.30. The van der Waals surface area contributed by atoms with Crippen LogP contribution < -0.4 is 5.32 Å². The summed E-state index contributed by atoms with van der Waals surface area (Å²) in [6.45, 7) is 4.77. The Hall–Kier alpha value is -1.45. The van der Waals surface area contributed by atoms with E-state index in [0.29, 0.717) is 16.8 Å². The van der Waals surface area contributed by atoms with Gasteiger partial charge in [-0.05, 0) is 61.3 Å². The second-order valence-corrected chi connectivity index (χ2v) is 8.44. The van der Waals surface area contributed by atoms with E-state index in [2.05, 4.69) is 29.1 Å². The first kappa shape index (κ1) is 13.2. The monoisotopic (exact) mass is 285 g/mol. The topological polar surface area (TPSA) is 54.9 Å². The summed E-state index contributed by atoms with van der Waals surface area (Å²) in [5, 5.41) is 2.97. The summed E-state index contributed by atoms with van der Waals surface area (Å²) in [6, 6.07) is 1.77. The van der Waals surface area contributed by atoms with Crippen LogP contribution in [0, 0.1) is 22.2 Å². The molecule has 0 spiro atoms. The summed E-state index contributed by atoms with van der Waals surface area (Å²) in [7, 11) is 0. The van der Waals surface area contributed by atoms with E-state index in [9.17, 15) is 4.79 Å². The van der Waals surface area contributed by atoms with E-state index in [1.54, 1.807) is 18.5 Å². The van der Waals surface area contributed by atoms with Crippen LogP contribution in [0.25, 0.3) is 0 Å². The molecular weight excluding hydrogens is 262 g/mol. The van der Waals surface area contributed by atoms with Crippen molar-refractivity contribution in [1.82, 2.24) is 9.97 Å². The zero-order valence-electron chi connectivity index (χ0n) is 12.9. The van der Waals surface area contributed by atoms with Crippen LogP contribution in [0.3, 0.4) is 0 Å². The fraction of sp³-hybridized carbons (Fsp3) is 0.706. The molecule has 21 heavy (non-hydrogen) atoms. The highest BCUT2D eigenvalue weighted by Crippen LogP contribution is 2.69. The van der Waals surface area contributed by atoms with Gasteiger partial charge in [0.15, 0.2) is 0 Å². The fourth-order valence-electron chi connectivity index (χ4n) is 6.30. The van der Waals surface area contributed by atoms with Crippen molar-refractivity contribution in [2.45, 2.75) is 52.4 Å². The first-order chi connectivity index (χ1) is 9.91. The van der Waals surface area contributed by atoms with Crippen LogP contribution in [0.1, 0.15) is 52.4 Å². The Balaban J connectivity index is 1.63. The Bertz CT molecular complexity index is 567. The molecule has 0 aromatic carbocycles. The van der Waals surface area contributed by atoms with Crippen LogP contribution in [0.5, 0.6) is 0 Å². The molecule has 5 rings (SSSR count). The molecule has 1 heterocycles. The van der Waals surface area contributed by atoms with Gasteiger partial charge in [-0.25, -0.2) is 9.97 Å². The molecule has 4 atom stereocenters. The predicted octanol–water partition coefficient (Wildman–Crippen LogP) is 3.41. The van der Waals surface area contributed by atoms with Gasteiger partial charge in [0.2, 0.25) is 11.9 Å². The van der Waals surface area contributed by atoms with E-state index in [1.165, 1.54) is 19.3 Å². The molecule has 0 saturated heterocycles. The average Bonchev–Trinajstić information content (AvgIpc) is 2.35. The maximum absolute atomic E-state index is 13.0. The average molecular weight is 285 g/mol. The molecule has 1 N–H and O–H groups in total. The van der Waals surface area contributed by atoms with Gasteiger partial charge in [0.05, 0.1) is 5.41 Å². The minimum Gasteiger partial charge on any atom is -0.294 e. The van der Waals surface area contributed by atoms with Crippen molar-refractivity contribution < 1.29 is 4.79 Å². The lowest BCUT2D eigenvalue weighted by molar-refractivity contribution is -0.165. The molecule has 112 valence electrons. The van der Waals surface area contributed by atoms with Crippen molar-refractivity contribution in [3.63, 3.8) is 0 Å². The Morgan fingerprint density at radius 2 is 1.71 bits per heavy atom. The highest BCUT2D eigenvalue weighted by Gasteiger charge is 2.62. The third-order valence-electron chi connectivity index (χ3n) is 5.90. The quantitative estimate of drug-likeness (QED) is 0.906. The van der Waals surface area contributed by atoms with Gasteiger partial charge >= 0.3 is 0 Å². The van der Waals surface area contributed by atoms with Crippen molar-refractivity contribution in [2.24, 2.45) is 22.2 Å². The molecule has 1 aromatic rings. The Kier molecular flexibility index (Phi) is 2.55. The first-order valence-electron chi connectivity index (χ1n) is 7.99. The second-order valence-electron chi connectivity index (χ2n) is 8.44. The van der Waals surface area contributed by atoms with E-state index < -0.39 is 0 Å². The van der Waals surface area contributed by atoms with Crippen molar-refractivity contribution >= 4 is 11.9 Å². The maximum atomic E-state index is 13.0. The van der Waals surface area contributed by atoms with E-state index in [4.69, 9.17) is 0 Å². The number of carbonyl (C=O) groups excluding carboxylic acids is 1. The lowest BCUT2D eigenvalue weighted by atomic mass is 9.40. The summed E-state index contributed by atoms with van der Waals surface area (Å²) >= 11 is 0. The number of carbonyl (C=O) groups is 1. The third-order valence-corrected chi connectivity index (χ3v) is 5.90. The molecule has 4 nitrogen and oxygen atoms in total. The molecule has 2 unspecified atom stereocenters. The Morgan fingerprint density at radius 1 is 1.10 bits per heavy atom. The van der Waals surface area contributed by atoms with Gasteiger partial charge in [0, 0.05) is 12.4 Å². The first-order valence-corrected chi connectivity index (χ1v) is 7.99. The zero-order chi connectivity index (χ0) is 14.7. The molecule has 4 fully saturated rings. The summed E-state index contributed by atoms with van der Waals surface area (Å²) in [6.07, 6.45) is 10.4. The van der Waals surface area contributed by atoms with E-state index >= 15 is 0 Å². The molecule has 1 aromatic heterocycles. The maximum Gasteiger partial charge on any atom is 0.232 e. The largest absolute Gasteiger partial charge is 0.294 e. The van der Waals surface area contributed by atoms with Gasteiger partial charge in [-0.2, -0.15) is 0 Å². The molecule has 4 aliphatic rings. The van der Waals surface area contributed by atoms with Crippen molar-refractivity contribution in [3.05, 3.63) is 18.5 Å². The van der Waals surface area contributed by atoms with Crippen LogP contribution in [-0.2, 0) is 4.79 Å². The minimum absolute atomic E-state index is 0.148. The van der Waals surface area contributed by atoms with E-state index in [0.717, 1.165) is 25.2 Å². The normalized spacial score (nSPS) is 43.8. The standard InChI is InChI=1S/C17H23N3O/c1-15-6-12-7-16(2,9-15)11-17(8-12,10-15)13(21)20-14-18-4-3-5-19-14/h3-5,12H,6-11H2,1-2H3,(H,18,19,20,21)/t12?,15-,16+,17?. The van der Waals surface area contributed by atoms with Gasteiger partial charge < -0.3 is 0 Å². The molecule has 4 saturated carbocycles. The molecule has 4 aliphatic carbocycles. The third kappa shape index (κ3) is 2.07. The molecule has 0 aliphatic heterocycles. The molecule has 1 amide bonds. The van der Waals surface area contributed by atoms with Crippen LogP contribution in [0.2, 0.25) is 0 Å². The smallest absolute Gasteiger partial charge is 0.232 e. The Labute approximate surface area is 125 Å². The lowest BCUT2D eigenvalue weighted by Gasteiger charge is -2.64. The van der Waals surface area contributed by atoms with Crippen LogP contribution in [-0.4, -0.2) is 15.9 Å². The SMILES string of the molecule is C[C@]12CC3CC(C(=O)Nc4ncccn4)(C1)C[C@@](C)(C3)C2. The van der Waals surface area contributed by atoms with E-state index in [-0.39, 0.29) is 11.3 Å². The molecule has 0 radical (unpaired) electrons. The van der Waals surface area contributed by atoms with Crippen molar-refractivity contribution in [1.29, 1.82) is 0 Å². The number of amides is 1. The number of nitrogens with one attached hydrogen (secondary N) is 1. The molecule has 4 bridgehead atoms. The highest BCUT2D eigenvalue weighted by molar-refractivity contribution is 5.94. The summed E-state index contributed by atoms with van der Waals surface area (Å²) < 4.78 is 0. The van der Waals surface area contributed by atoms with Gasteiger partial charge in [-0.1, -0.05) is 13.8 Å². The van der Waals surface area contributed by atoms with Gasteiger partial charge in [-0.15, -0.1) is 0 Å². The van der Waals surface area contributed by atoms with Crippen molar-refractivity contribution in [2.75, 3.05) is 5.32 Å². The van der Waals surface area contributed by atoms with Crippen LogP contribution >= 0.6 is 0 Å². The van der Waals surface area contributed by atoms with Gasteiger partial charge in [0.1, 0.15) is 0 Å². The molecule has 4 heteroatoms. The molecular formula is C17H23N3O. The minimum atomic E-state index is -0.192. The summed E-state index contributed by atoms with van der Waals surface area (Å²) in [5.74, 6) is 1.31. The number of anilines is 1. The number of nitrogens with zero attached hydrogens (tertiary/aromatic N) is 2. The van der Waals surface area contributed by atoms with Gasteiger partial charge in [0.25, 0.3) is 0 Å². The summed E-state index contributed by atoms with van der Waals surface area (Å²) in [4.78, 5) is 21.2. The number of hydrogen-bond acceptors (Lipinski definition) is 3. The number of hydrogen-bond donors (Lipinski definition) is 1. The van der Waals surface area contributed by atoms with Crippen LogP contribution in [0.15, 0.2) is 18.5 Å². The predicted molar refractivity (Wildman–Crippen MR) is 80.5 cm³/mol. The van der Waals surface area contributed by atoms with Gasteiger partial charge in [-0.3, -0.25) is 10.1 Å². The number of rotatable bonds is 2. The second kappa shape index (κ2) is 4.05. The van der Waals surface area contributed by atoms with Crippen LogP contribution in [0.4, 0.5) is 5.95 Å². The van der Waals surface area contributed by atoms with Crippen molar-refractivity contribution in [3.8, 4) is 0 Å². The lowest BCUT2D eigenvalue weighted by Crippen LogP contribution is -2.58.